The molecule has 0 radical (unpaired) electrons. The number of furan rings is 1. The quantitative estimate of drug-likeness (QED) is 0.656. The minimum absolute atomic E-state index is 0.0496. The molecule has 2 heterocycles. The monoisotopic (exact) mass is 346 g/mol. The number of nitrogens with one attached hydrogen (secondary N) is 1. The predicted octanol–water partition coefficient (Wildman–Crippen LogP) is 2.53. The number of aromatic hydroxyl groups is 1. The Hall–Kier alpha value is -2.58. The molecule has 1 aromatic heterocycles. The van der Waals surface area contributed by atoms with E-state index in [4.69, 9.17) is 16.6 Å². The fraction of sp³-hybridized carbons (Fsp3) is 0. The van der Waals surface area contributed by atoms with Gasteiger partial charge in [0.25, 0.3) is 11.8 Å². The van der Waals surface area contributed by atoms with Gasteiger partial charge in [-0.05, 0) is 48.6 Å². The van der Waals surface area contributed by atoms with Gasteiger partial charge in [0.1, 0.15) is 11.5 Å². The van der Waals surface area contributed by atoms with Crippen LogP contribution in [0.5, 0.6) is 5.75 Å². The molecular formula is C15H10N2O4S2. The van der Waals surface area contributed by atoms with Gasteiger partial charge in [0, 0.05) is 11.6 Å². The topological polar surface area (TPSA) is 82.8 Å². The van der Waals surface area contributed by atoms with Crippen LogP contribution in [0.3, 0.4) is 0 Å². The van der Waals surface area contributed by atoms with Gasteiger partial charge in [-0.2, -0.15) is 5.01 Å². The molecule has 2 amide bonds. The molecule has 6 nitrogen and oxygen atoms in total. The van der Waals surface area contributed by atoms with Crippen LogP contribution in [-0.2, 0) is 4.79 Å². The highest BCUT2D eigenvalue weighted by atomic mass is 32.2. The van der Waals surface area contributed by atoms with Crippen LogP contribution in [0.2, 0.25) is 0 Å². The van der Waals surface area contributed by atoms with E-state index in [1.54, 1.807) is 18.2 Å². The largest absolute Gasteiger partial charge is 0.508 e. The van der Waals surface area contributed by atoms with Crippen LogP contribution in [0.4, 0.5) is 0 Å². The number of benzene rings is 1. The SMILES string of the molecule is O=C(NN1C(=O)C(=Cc2ccco2)SC1=S)c1ccc(O)cc1. The third-order valence-corrected chi connectivity index (χ3v) is 4.26. The van der Waals surface area contributed by atoms with Crippen molar-refractivity contribution < 1.29 is 19.1 Å². The number of thioether (sulfide) groups is 1. The molecule has 0 atom stereocenters. The fourth-order valence-electron chi connectivity index (χ4n) is 1.85. The van der Waals surface area contributed by atoms with Crippen LogP contribution in [-0.4, -0.2) is 26.3 Å². The third-order valence-electron chi connectivity index (χ3n) is 2.95. The summed E-state index contributed by atoms with van der Waals surface area (Å²) in [7, 11) is 0. The van der Waals surface area contributed by atoms with Crippen molar-refractivity contribution in [3.05, 3.63) is 58.9 Å². The highest BCUT2D eigenvalue weighted by molar-refractivity contribution is 8.26. The van der Waals surface area contributed by atoms with Gasteiger partial charge in [-0.1, -0.05) is 11.8 Å². The van der Waals surface area contributed by atoms with E-state index in [-0.39, 0.29) is 10.1 Å². The van der Waals surface area contributed by atoms with Crippen LogP contribution in [0, 0.1) is 0 Å². The van der Waals surface area contributed by atoms with E-state index < -0.39 is 11.8 Å². The smallest absolute Gasteiger partial charge is 0.285 e. The minimum atomic E-state index is -0.499. The van der Waals surface area contributed by atoms with Crippen molar-refractivity contribution in [3.63, 3.8) is 0 Å². The standard InChI is InChI=1S/C15H10N2O4S2/c18-10-5-3-9(4-6-10)13(19)16-17-14(20)12(23-15(17)22)8-11-2-1-7-21-11/h1-8,18H,(H,16,19). The van der Waals surface area contributed by atoms with Crippen LogP contribution in [0.15, 0.2) is 52.0 Å². The first kappa shape index (κ1) is 15.3. The number of amides is 2. The summed E-state index contributed by atoms with van der Waals surface area (Å²) in [6, 6.07) is 9.08. The van der Waals surface area contributed by atoms with E-state index in [1.165, 1.54) is 30.5 Å². The molecule has 1 aliphatic rings. The molecule has 23 heavy (non-hydrogen) atoms. The van der Waals surface area contributed by atoms with Crippen molar-refractivity contribution in [1.82, 2.24) is 10.4 Å². The molecule has 3 rings (SSSR count). The Kier molecular flexibility index (Phi) is 4.18. The number of carbonyl (C=O) groups excluding carboxylic acids is 2. The summed E-state index contributed by atoms with van der Waals surface area (Å²) in [5, 5.41) is 10.2. The average molecular weight is 346 g/mol. The second-order valence-corrected chi connectivity index (χ2v) is 6.20. The zero-order valence-corrected chi connectivity index (χ0v) is 13.2. The van der Waals surface area contributed by atoms with Crippen molar-refractivity contribution in [2.45, 2.75) is 0 Å². The number of phenolic OH excluding ortho intramolecular Hbond substituents is 1. The van der Waals surface area contributed by atoms with Gasteiger partial charge >= 0.3 is 0 Å². The minimum Gasteiger partial charge on any atom is -0.508 e. The molecule has 0 aliphatic carbocycles. The highest BCUT2D eigenvalue weighted by Gasteiger charge is 2.34. The van der Waals surface area contributed by atoms with E-state index in [1.807, 2.05) is 0 Å². The lowest BCUT2D eigenvalue weighted by atomic mass is 10.2. The van der Waals surface area contributed by atoms with Gasteiger partial charge in [0.2, 0.25) is 0 Å². The zero-order chi connectivity index (χ0) is 16.4. The first-order chi connectivity index (χ1) is 11.0. The molecule has 1 aliphatic heterocycles. The van der Waals surface area contributed by atoms with E-state index in [0.29, 0.717) is 16.2 Å². The predicted molar refractivity (Wildman–Crippen MR) is 89.3 cm³/mol. The molecule has 1 aromatic carbocycles. The summed E-state index contributed by atoms with van der Waals surface area (Å²) in [6.45, 7) is 0. The number of hydrazine groups is 1. The van der Waals surface area contributed by atoms with Gasteiger partial charge in [0.05, 0.1) is 11.2 Å². The van der Waals surface area contributed by atoms with Gasteiger partial charge < -0.3 is 9.52 Å². The third kappa shape index (κ3) is 3.27. The lowest BCUT2D eigenvalue weighted by molar-refractivity contribution is -0.123. The van der Waals surface area contributed by atoms with E-state index in [0.717, 1.165) is 16.8 Å². The highest BCUT2D eigenvalue weighted by Crippen LogP contribution is 2.31. The number of carbonyl (C=O) groups is 2. The van der Waals surface area contributed by atoms with Crippen LogP contribution >= 0.6 is 24.0 Å². The number of rotatable bonds is 3. The Morgan fingerprint density at radius 2 is 2.04 bits per heavy atom. The maximum Gasteiger partial charge on any atom is 0.285 e. The molecule has 0 unspecified atom stereocenters. The van der Waals surface area contributed by atoms with E-state index in [2.05, 4.69) is 5.43 Å². The van der Waals surface area contributed by atoms with Crippen molar-refractivity contribution in [3.8, 4) is 5.75 Å². The summed E-state index contributed by atoms with van der Waals surface area (Å²) in [4.78, 5) is 24.8. The maximum absolute atomic E-state index is 12.3. The molecular weight excluding hydrogens is 336 g/mol. The molecule has 2 aromatic rings. The lowest BCUT2D eigenvalue weighted by Gasteiger charge is -2.15. The maximum atomic E-state index is 12.3. The molecule has 8 heteroatoms. The first-order valence-corrected chi connectivity index (χ1v) is 7.68. The summed E-state index contributed by atoms with van der Waals surface area (Å²) in [6.07, 6.45) is 3.06. The number of nitrogens with zero attached hydrogens (tertiary/aromatic N) is 1. The fourth-order valence-corrected chi connectivity index (χ4v) is 3.01. The number of phenols is 1. The van der Waals surface area contributed by atoms with Gasteiger partial charge in [0.15, 0.2) is 4.32 Å². The van der Waals surface area contributed by atoms with Crippen LogP contribution < -0.4 is 5.43 Å². The van der Waals surface area contributed by atoms with Gasteiger partial charge in [-0.25, -0.2) is 0 Å². The number of hydrogen-bond donors (Lipinski definition) is 2. The Morgan fingerprint density at radius 1 is 1.30 bits per heavy atom. The van der Waals surface area contributed by atoms with Crippen LogP contribution in [0.1, 0.15) is 16.1 Å². The molecule has 116 valence electrons. The lowest BCUT2D eigenvalue weighted by Crippen LogP contribution is -2.44. The van der Waals surface area contributed by atoms with Crippen molar-refractivity contribution in [2.24, 2.45) is 0 Å². The Labute approximate surface area is 140 Å². The Bertz CT molecular complexity index is 797. The van der Waals surface area contributed by atoms with E-state index in [9.17, 15) is 14.7 Å². The summed E-state index contributed by atoms with van der Waals surface area (Å²) >= 11 is 6.20. The zero-order valence-electron chi connectivity index (χ0n) is 11.6. The Morgan fingerprint density at radius 3 is 2.70 bits per heavy atom. The summed E-state index contributed by atoms with van der Waals surface area (Å²) in [5.74, 6) is -0.354. The van der Waals surface area contributed by atoms with Gasteiger partial charge in [-0.3, -0.25) is 15.0 Å². The summed E-state index contributed by atoms with van der Waals surface area (Å²) < 4.78 is 5.38. The molecule has 1 fully saturated rings. The van der Waals surface area contributed by atoms with Crippen molar-refractivity contribution >= 4 is 46.2 Å². The summed E-state index contributed by atoms with van der Waals surface area (Å²) in [5.41, 5.74) is 2.75. The number of thiocarbonyl (C=S) groups is 1. The second-order valence-electron chi connectivity index (χ2n) is 4.52. The van der Waals surface area contributed by atoms with Gasteiger partial charge in [-0.15, -0.1) is 0 Å². The molecule has 0 spiro atoms. The van der Waals surface area contributed by atoms with Crippen molar-refractivity contribution in [1.29, 1.82) is 0 Å². The number of hydrogen-bond acceptors (Lipinski definition) is 6. The molecule has 0 saturated carbocycles. The second kappa shape index (κ2) is 6.27. The Balaban J connectivity index is 1.75. The molecule has 1 saturated heterocycles. The molecule has 2 N–H and O–H groups in total. The van der Waals surface area contributed by atoms with Crippen LogP contribution in [0.25, 0.3) is 6.08 Å². The van der Waals surface area contributed by atoms with E-state index >= 15 is 0 Å². The average Bonchev–Trinajstić information content (AvgIpc) is 3.12. The van der Waals surface area contributed by atoms with Crippen molar-refractivity contribution in [2.75, 3.05) is 0 Å². The normalized spacial score (nSPS) is 16.2. The molecule has 0 bridgehead atoms. The first-order valence-electron chi connectivity index (χ1n) is 6.46.